The van der Waals surface area contributed by atoms with E-state index in [1.807, 2.05) is 30.3 Å². The SMILES string of the molecule is Cc1ccc(F)cc1Oc1c(C(=O)N2CCN(C(=O)OC(C)(C)C)CC2)c2ccc(S(C)(=O)=O)cc2n1-c1ccccc1. The number of hydrogen-bond donors (Lipinski definition) is 0. The molecule has 2 amide bonds. The van der Waals surface area contributed by atoms with Gasteiger partial charge in [-0.3, -0.25) is 9.36 Å². The van der Waals surface area contributed by atoms with Crippen LogP contribution >= 0.6 is 0 Å². The van der Waals surface area contributed by atoms with Crippen LogP contribution in [0.1, 0.15) is 36.7 Å². The highest BCUT2D eigenvalue weighted by Crippen LogP contribution is 2.40. The van der Waals surface area contributed by atoms with Crippen molar-refractivity contribution in [2.75, 3.05) is 32.4 Å². The highest BCUT2D eigenvalue weighted by Gasteiger charge is 2.33. The first kappa shape index (κ1) is 30.1. The van der Waals surface area contributed by atoms with Crippen LogP contribution in [0.25, 0.3) is 16.6 Å². The van der Waals surface area contributed by atoms with Crippen LogP contribution in [0, 0.1) is 12.7 Å². The fourth-order valence-electron chi connectivity index (χ4n) is 4.98. The largest absolute Gasteiger partial charge is 0.444 e. The van der Waals surface area contributed by atoms with Crippen molar-refractivity contribution in [3.8, 4) is 17.3 Å². The number of halogens is 1. The van der Waals surface area contributed by atoms with Crippen LogP contribution in [0.15, 0.2) is 71.6 Å². The lowest BCUT2D eigenvalue weighted by molar-refractivity contribution is 0.0140. The Hall–Kier alpha value is -4.38. The number of amides is 2. The first-order valence-electron chi connectivity index (χ1n) is 13.9. The van der Waals surface area contributed by atoms with E-state index in [0.29, 0.717) is 22.2 Å². The third-order valence-electron chi connectivity index (χ3n) is 7.13. The Labute approximate surface area is 250 Å². The third-order valence-corrected chi connectivity index (χ3v) is 8.24. The maximum absolute atomic E-state index is 14.3. The van der Waals surface area contributed by atoms with Crippen molar-refractivity contribution in [3.63, 3.8) is 0 Å². The van der Waals surface area contributed by atoms with Crippen molar-refractivity contribution in [1.29, 1.82) is 0 Å². The molecule has 0 unspecified atom stereocenters. The smallest absolute Gasteiger partial charge is 0.410 e. The normalized spacial score (nSPS) is 14.2. The zero-order chi connectivity index (χ0) is 31.1. The second kappa shape index (κ2) is 11.4. The van der Waals surface area contributed by atoms with Crippen molar-refractivity contribution in [3.05, 3.63) is 83.7 Å². The van der Waals surface area contributed by atoms with Gasteiger partial charge in [0.25, 0.3) is 5.91 Å². The number of nitrogens with zero attached hydrogens (tertiary/aromatic N) is 3. The number of aryl methyl sites for hydroxylation is 1. The van der Waals surface area contributed by atoms with Gasteiger partial charge in [-0.05, 0) is 63.6 Å². The number of carbonyl (C=O) groups is 2. The molecule has 9 nitrogen and oxygen atoms in total. The molecule has 0 bridgehead atoms. The van der Waals surface area contributed by atoms with E-state index in [0.717, 1.165) is 6.26 Å². The molecule has 2 heterocycles. The molecule has 1 aromatic heterocycles. The number of rotatable bonds is 5. The lowest BCUT2D eigenvalue weighted by atomic mass is 10.1. The van der Waals surface area contributed by atoms with Crippen molar-refractivity contribution in [2.45, 2.75) is 38.2 Å². The van der Waals surface area contributed by atoms with Crippen LogP contribution in [0.2, 0.25) is 0 Å². The number of ether oxygens (including phenoxy) is 2. The fourth-order valence-corrected chi connectivity index (χ4v) is 5.62. The van der Waals surface area contributed by atoms with Crippen LogP contribution in [0.3, 0.4) is 0 Å². The van der Waals surface area contributed by atoms with Gasteiger partial charge in [-0.15, -0.1) is 0 Å². The standard InChI is InChI=1S/C32H34FN3O6S/c1-21-11-12-22(33)19-27(21)41-30-28(29(37)34-15-17-35(18-16-34)31(38)42-32(2,3)4)25-14-13-24(43(5,39)40)20-26(25)36(30)23-9-7-6-8-10-23/h6-14,19-20H,15-18H2,1-5H3. The molecule has 0 radical (unpaired) electrons. The predicted octanol–water partition coefficient (Wildman–Crippen LogP) is 5.97. The van der Waals surface area contributed by atoms with E-state index < -0.39 is 27.3 Å². The van der Waals surface area contributed by atoms with Gasteiger partial charge < -0.3 is 19.3 Å². The summed E-state index contributed by atoms with van der Waals surface area (Å²) in [5.74, 6) is -0.527. The molecule has 4 aromatic rings. The maximum Gasteiger partial charge on any atom is 0.410 e. The molecule has 0 aliphatic carbocycles. The first-order valence-corrected chi connectivity index (χ1v) is 15.8. The molecular weight excluding hydrogens is 573 g/mol. The van der Waals surface area contributed by atoms with E-state index in [2.05, 4.69) is 0 Å². The number of benzene rings is 3. The van der Waals surface area contributed by atoms with Gasteiger partial charge in [-0.25, -0.2) is 17.6 Å². The molecule has 43 heavy (non-hydrogen) atoms. The molecule has 11 heteroatoms. The highest BCUT2D eigenvalue weighted by atomic mass is 32.2. The lowest BCUT2D eigenvalue weighted by Gasteiger charge is -2.35. The molecule has 226 valence electrons. The van der Waals surface area contributed by atoms with Crippen LogP contribution in [-0.2, 0) is 14.6 Å². The zero-order valence-corrected chi connectivity index (χ0v) is 25.6. The minimum absolute atomic E-state index is 0.0770. The summed E-state index contributed by atoms with van der Waals surface area (Å²) in [6.45, 7) is 8.19. The van der Waals surface area contributed by atoms with Gasteiger partial charge in [0.2, 0.25) is 5.88 Å². The Morgan fingerprint density at radius 2 is 1.53 bits per heavy atom. The number of aromatic nitrogens is 1. The van der Waals surface area contributed by atoms with Gasteiger partial charge in [0.15, 0.2) is 9.84 Å². The van der Waals surface area contributed by atoms with Gasteiger partial charge in [-0.2, -0.15) is 0 Å². The second-order valence-corrected chi connectivity index (χ2v) is 13.6. The molecule has 0 saturated carbocycles. The van der Waals surface area contributed by atoms with Crippen LogP contribution in [0.5, 0.6) is 11.6 Å². The van der Waals surface area contributed by atoms with E-state index >= 15 is 0 Å². The molecule has 1 fully saturated rings. The number of hydrogen-bond acceptors (Lipinski definition) is 6. The predicted molar refractivity (Wildman–Crippen MR) is 161 cm³/mol. The van der Waals surface area contributed by atoms with Gasteiger partial charge >= 0.3 is 6.09 Å². The maximum atomic E-state index is 14.3. The average molecular weight is 608 g/mol. The number of sulfone groups is 1. The summed E-state index contributed by atoms with van der Waals surface area (Å²) in [4.78, 5) is 30.2. The van der Waals surface area contributed by atoms with E-state index in [1.165, 1.54) is 24.3 Å². The van der Waals surface area contributed by atoms with E-state index in [1.54, 1.807) is 54.2 Å². The van der Waals surface area contributed by atoms with Gasteiger partial charge in [0.1, 0.15) is 22.7 Å². The average Bonchev–Trinajstić information content (AvgIpc) is 3.26. The number of piperazine rings is 1. The van der Waals surface area contributed by atoms with Gasteiger partial charge in [0, 0.05) is 49.6 Å². The van der Waals surface area contributed by atoms with Gasteiger partial charge in [0.05, 0.1) is 10.4 Å². The summed E-state index contributed by atoms with van der Waals surface area (Å²) >= 11 is 0. The number of fused-ring (bicyclic) bond motifs is 1. The molecule has 1 saturated heterocycles. The summed E-state index contributed by atoms with van der Waals surface area (Å²) in [5.41, 5.74) is 1.26. The van der Waals surface area contributed by atoms with Crippen molar-refractivity contribution < 1.29 is 31.9 Å². The number of carbonyl (C=O) groups excluding carboxylic acids is 2. The minimum atomic E-state index is -3.58. The topological polar surface area (TPSA) is 98.2 Å². The zero-order valence-electron chi connectivity index (χ0n) is 24.8. The Balaban J connectivity index is 1.65. The molecule has 0 atom stereocenters. The van der Waals surface area contributed by atoms with Crippen molar-refractivity contribution in [1.82, 2.24) is 14.4 Å². The van der Waals surface area contributed by atoms with Crippen molar-refractivity contribution in [2.24, 2.45) is 0 Å². The summed E-state index contributed by atoms with van der Waals surface area (Å²) in [6, 6.07) is 17.8. The minimum Gasteiger partial charge on any atom is -0.444 e. The summed E-state index contributed by atoms with van der Waals surface area (Å²) in [6.07, 6.45) is 0.674. The highest BCUT2D eigenvalue weighted by molar-refractivity contribution is 7.90. The molecule has 1 aliphatic rings. The quantitative estimate of drug-likeness (QED) is 0.278. The van der Waals surface area contributed by atoms with Crippen LogP contribution in [0.4, 0.5) is 9.18 Å². The van der Waals surface area contributed by atoms with Crippen LogP contribution in [-0.4, -0.2) is 72.8 Å². The Kier molecular flexibility index (Phi) is 7.95. The van der Waals surface area contributed by atoms with Crippen LogP contribution < -0.4 is 4.74 Å². The molecule has 1 aliphatic heterocycles. The Bertz CT molecular complexity index is 1800. The summed E-state index contributed by atoms with van der Waals surface area (Å²) < 4.78 is 53.0. The van der Waals surface area contributed by atoms with Crippen molar-refractivity contribution >= 4 is 32.7 Å². The fraction of sp³-hybridized carbons (Fsp3) is 0.312. The Morgan fingerprint density at radius 3 is 2.16 bits per heavy atom. The van der Waals surface area contributed by atoms with E-state index in [9.17, 15) is 22.4 Å². The second-order valence-electron chi connectivity index (χ2n) is 11.6. The summed E-state index contributed by atoms with van der Waals surface area (Å²) in [5, 5.41) is 0.472. The molecule has 3 aromatic carbocycles. The van der Waals surface area contributed by atoms with E-state index in [4.69, 9.17) is 9.47 Å². The van der Waals surface area contributed by atoms with E-state index in [-0.39, 0.29) is 54.2 Å². The first-order chi connectivity index (χ1) is 20.2. The van der Waals surface area contributed by atoms with Gasteiger partial charge in [-0.1, -0.05) is 30.3 Å². The monoisotopic (exact) mass is 607 g/mol. The summed E-state index contributed by atoms with van der Waals surface area (Å²) in [7, 11) is -3.58. The molecule has 0 N–H and O–H groups in total. The molecule has 0 spiro atoms. The Morgan fingerprint density at radius 1 is 0.884 bits per heavy atom. The molecular formula is C32H34FN3O6S. The lowest BCUT2D eigenvalue weighted by Crippen LogP contribution is -2.51. The number of para-hydroxylation sites is 1. The molecule has 5 rings (SSSR count). The third kappa shape index (κ3) is 6.36.